The molecule has 0 aliphatic carbocycles. The van der Waals surface area contributed by atoms with Crippen LogP contribution in [0.25, 0.3) is 0 Å². The number of rotatable bonds is 5. The molecule has 2 aliphatic heterocycles. The van der Waals surface area contributed by atoms with Crippen molar-refractivity contribution in [2.75, 3.05) is 19.7 Å². The Kier molecular flexibility index (Phi) is 5.79. The van der Waals surface area contributed by atoms with E-state index in [9.17, 15) is 18.0 Å². The maximum Gasteiger partial charge on any atom is 0.329 e. The van der Waals surface area contributed by atoms with E-state index in [2.05, 4.69) is 9.71 Å². The number of ether oxygens (including phenoxy) is 1. The van der Waals surface area contributed by atoms with Gasteiger partial charge in [-0.1, -0.05) is 19.1 Å². The molecular weight excluding hydrogens is 370 g/mol. The maximum absolute atomic E-state index is 12.6. The minimum absolute atomic E-state index is 0.150. The van der Waals surface area contributed by atoms with Gasteiger partial charge in [0.2, 0.25) is 0 Å². The van der Waals surface area contributed by atoms with Gasteiger partial charge in [-0.3, -0.25) is 4.79 Å². The quantitative estimate of drug-likeness (QED) is 0.750. The van der Waals surface area contributed by atoms with Crippen LogP contribution in [-0.4, -0.2) is 56.8 Å². The predicted molar refractivity (Wildman–Crippen MR) is 98.8 cm³/mol. The molecule has 0 unspecified atom stereocenters. The lowest BCUT2D eigenvalue weighted by Crippen LogP contribution is -2.49. The third kappa shape index (κ3) is 4.13. The summed E-state index contributed by atoms with van der Waals surface area (Å²) in [5.74, 6) is -0.604. The van der Waals surface area contributed by atoms with E-state index in [-0.39, 0.29) is 23.2 Å². The summed E-state index contributed by atoms with van der Waals surface area (Å²) in [5.41, 5.74) is 0.498. The molecule has 1 saturated heterocycles. The predicted octanol–water partition coefficient (Wildman–Crippen LogP) is 1.06. The minimum atomic E-state index is -3.76. The van der Waals surface area contributed by atoms with E-state index in [1.807, 2.05) is 6.92 Å². The number of hydrogen-bond donors (Lipinski definition) is 1. The number of fused-ring (bicyclic) bond motifs is 1. The number of amidine groups is 1. The fraction of sp³-hybridized carbons (Fsp3) is 0.500. The van der Waals surface area contributed by atoms with Gasteiger partial charge in [0.1, 0.15) is 10.9 Å². The van der Waals surface area contributed by atoms with Gasteiger partial charge in [0, 0.05) is 18.7 Å². The van der Waals surface area contributed by atoms with Gasteiger partial charge in [-0.2, -0.15) is 8.42 Å². The third-order valence-corrected chi connectivity index (χ3v) is 5.90. The van der Waals surface area contributed by atoms with E-state index in [1.165, 1.54) is 6.07 Å². The van der Waals surface area contributed by atoms with E-state index in [0.717, 1.165) is 19.3 Å². The Hall–Kier alpha value is -2.42. The summed E-state index contributed by atoms with van der Waals surface area (Å²) in [5, 5.41) is 2.65. The van der Waals surface area contributed by atoms with Crippen molar-refractivity contribution >= 4 is 27.7 Å². The first-order chi connectivity index (χ1) is 12.9. The van der Waals surface area contributed by atoms with E-state index < -0.39 is 22.0 Å². The van der Waals surface area contributed by atoms with Gasteiger partial charge in [-0.05, 0) is 37.8 Å². The molecule has 0 radical (unpaired) electrons. The normalized spacial score (nSPS) is 20.6. The average Bonchev–Trinajstić information content (AvgIpc) is 2.95. The van der Waals surface area contributed by atoms with Crippen LogP contribution in [0.2, 0.25) is 0 Å². The molecule has 2 heterocycles. The van der Waals surface area contributed by atoms with E-state index >= 15 is 0 Å². The molecule has 8 nitrogen and oxygen atoms in total. The van der Waals surface area contributed by atoms with Crippen LogP contribution >= 0.6 is 0 Å². The Morgan fingerprint density at radius 1 is 1.30 bits per heavy atom. The highest BCUT2D eigenvalue weighted by Crippen LogP contribution is 2.30. The first-order valence-electron chi connectivity index (χ1n) is 9.08. The van der Waals surface area contributed by atoms with Crippen molar-refractivity contribution < 1.29 is 22.7 Å². The number of carbonyl (C=O) groups is 2. The fourth-order valence-corrected chi connectivity index (χ4v) is 4.49. The number of nitrogens with one attached hydrogen (secondary N) is 1. The molecule has 0 bridgehead atoms. The van der Waals surface area contributed by atoms with Crippen molar-refractivity contribution in [3.8, 4) is 0 Å². The fourth-order valence-electron chi connectivity index (χ4n) is 3.27. The number of carbonyl (C=O) groups excluding carboxylic acids is 2. The number of nitrogens with zero attached hydrogens (tertiary/aromatic N) is 2. The summed E-state index contributed by atoms with van der Waals surface area (Å²) < 4.78 is 33.7. The lowest BCUT2D eigenvalue weighted by Gasteiger charge is -2.35. The van der Waals surface area contributed by atoms with Gasteiger partial charge in [-0.15, -0.1) is 4.40 Å². The second-order valence-electron chi connectivity index (χ2n) is 6.55. The molecule has 1 amide bonds. The molecule has 2 aliphatic rings. The van der Waals surface area contributed by atoms with Gasteiger partial charge in [-0.25, -0.2) is 4.79 Å². The zero-order valence-corrected chi connectivity index (χ0v) is 16.0. The van der Waals surface area contributed by atoms with E-state index in [0.29, 0.717) is 25.1 Å². The summed E-state index contributed by atoms with van der Waals surface area (Å²) >= 11 is 0. The number of piperidine rings is 1. The van der Waals surface area contributed by atoms with Crippen LogP contribution in [0.15, 0.2) is 33.6 Å². The highest BCUT2D eigenvalue weighted by molar-refractivity contribution is 7.90. The van der Waals surface area contributed by atoms with Crippen LogP contribution in [0, 0.1) is 0 Å². The minimum Gasteiger partial charge on any atom is -0.454 e. The third-order valence-electron chi connectivity index (χ3n) is 4.58. The van der Waals surface area contributed by atoms with Crippen LogP contribution in [0.5, 0.6) is 0 Å². The van der Waals surface area contributed by atoms with Crippen molar-refractivity contribution in [3.05, 3.63) is 29.8 Å². The first kappa shape index (κ1) is 19.3. The smallest absolute Gasteiger partial charge is 0.329 e. The van der Waals surface area contributed by atoms with Crippen molar-refractivity contribution in [3.63, 3.8) is 0 Å². The summed E-state index contributed by atoms with van der Waals surface area (Å²) in [7, 11) is -3.76. The van der Waals surface area contributed by atoms with Gasteiger partial charge in [0.15, 0.2) is 12.4 Å². The Labute approximate surface area is 158 Å². The molecule has 0 aromatic heterocycles. The number of benzene rings is 1. The van der Waals surface area contributed by atoms with Gasteiger partial charge < -0.3 is 15.0 Å². The highest BCUT2D eigenvalue weighted by atomic mass is 32.2. The Morgan fingerprint density at radius 3 is 2.85 bits per heavy atom. The van der Waals surface area contributed by atoms with E-state index in [1.54, 1.807) is 23.1 Å². The van der Waals surface area contributed by atoms with Crippen LogP contribution < -0.4 is 5.32 Å². The largest absolute Gasteiger partial charge is 0.454 e. The number of amides is 1. The molecule has 1 aromatic carbocycles. The Morgan fingerprint density at radius 2 is 2.07 bits per heavy atom. The number of hydrogen-bond acceptors (Lipinski definition) is 6. The van der Waals surface area contributed by atoms with Crippen LogP contribution in [-0.2, 0) is 24.3 Å². The van der Waals surface area contributed by atoms with Crippen molar-refractivity contribution in [2.45, 2.75) is 43.5 Å². The lowest BCUT2D eigenvalue weighted by molar-refractivity contribution is -0.153. The SMILES string of the molecule is CCCNC(=O)COC(=O)[C@H]1CCCCN1C1=NS(=O)(=O)c2ccccc21. The monoisotopic (exact) mass is 393 g/mol. The molecule has 0 spiro atoms. The number of esters is 1. The zero-order chi connectivity index (χ0) is 19.4. The van der Waals surface area contributed by atoms with Crippen LogP contribution in [0.4, 0.5) is 0 Å². The zero-order valence-electron chi connectivity index (χ0n) is 15.2. The molecule has 9 heteroatoms. The second-order valence-corrected chi connectivity index (χ2v) is 8.12. The molecule has 3 rings (SSSR count). The maximum atomic E-state index is 12.6. The number of likely N-dealkylation sites (tertiary alicyclic amines) is 1. The first-order valence-corrected chi connectivity index (χ1v) is 10.5. The van der Waals surface area contributed by atoms with Crippen molar-refractivity contribution in [1.82, 2.24) is 10.2 Å². The molecular formula is C18H23N3O5S. The van der Waals surface area contributed by atoms with Crippen LogP contribution in [0.3, 0.4) is 0 Å². The molecule has 27 heavy (non-hydrogen) atoms. The topological polar surface area (TPSA) is 105 Å². The Bertz CT molecular complexity index is 866. The average molecular weight is 393 g/mol. The molecule has 1 N–H and O–H groups in total. The number of sulfonamides is 1. The van der Waals surface area contributed by atoms with Gasteiger partial charge >= 0.3 is 5.97 Å². The van der Waals surface area contributed by atoms with Crippen molar-refractivity contribution in [1.29, 1.82) is 0 Å². The molecule has 0 saturated carbocycles. The summed E-state index contributed by atoms with van der Waals surface area (Å²) in [4.78, 5) is 26.1. The van der Waals surface area contributed by atoms with Gasteiger partial charge in [0.05, 0.1) is 0 Å². The Balaban J connectivity index is 1.77. The lowest BCUT2D eigenvalue weighted by atomic mass is 10.0. The van der Waals surface area contributed by atoms with Crippen LogP contribution in [0.1, 0.15) is 38.2 Å². The summed E-state index contributed by atoms with van der Waals surface area (Å²) in [6, 6.07) is 5.93. The molecule has 1 fully saturated rings. The summed E-state index contributed by atoms with van der Waals surface area (Å²) in [6.45, 7) is 2.62. The van der Waals surface area contributed by atoms with Crippen molar-refractivity contribution in [2.24, 2.45) is 4.40 Å². The molecule has 1 atom stereocenters. The van der Waals surface area contributed by atoms with Gasteiger partial charge in [0.25, 0.3) is 15.9 Å². The second kappa shape index (κ2) is 8.08. The molecule has 146 valence electrons. The molecule has 1 aromatic rings. The van der Waals surface area contributed by atoms with E-state index in [4.69, 9.17) is 4.74 Å². The summed E-state index contributed by atoms with van der Waals surface area (Å²) in [6.07, 6.45) is 2.96. The standard InChI is InChI=1S/C18H23N3O5S/c1-2-10-19-16(22)12-26-18(23)14-8-5-6-11-21(14)17-13-7-3-4-9-15(13)27(24,25)20-17/h3-4,7,9,14H,2,5-6,8,10-12H2,1H3,(H,19,22)/t14-/m1/s1. The highest BCUT2D eigenvalue weighted by Gasteiger charge is 2.38.